The van der Waals surface area contributed by atoms with Crippen molar-refractivity contribution in [1.82, 2.24) is 0 Å². The van der Waals surface area contributed by atoms with Crippen LogP contribution in [0, 0.1) is 6.92 Å². The van der Waals surface area contributed by atoms with Gasteiger partial charge in [0.2, 0.25) is 0 Å². The van der Waals surface area contributed by atoms with Crippen molar-refractivity contribution in [2.75, 3.05) is 10.2 Å². The van der Waals surface area contributed by atoms with Gasteiger partial charge in [-0.05, 0) is 101 Å². The minimum Gasteiger partial charge on any atom is -0.378 e. The summed E-state index contributed by atoms with van der Waals surface area (Å²) in [5, 5.41) is 3.70. The van der Waals surface area contributed by atoms with E-state index in [1.807, 2.05) is 0 Å². The number of rotatable bonds is 8. The molecule has 7 aromatic rings. The summed E-state index contributed by atoms with van der Waals surface area (Å²) in [6.45, 7) is 4.37. The number of hydrogen-bond acceptors (Lipinski definition) is 2. The number of para-hydroxylation sites is 2. The molecule has 232 valence electrons. The van der Waals surface area contributed by atoms with Gasteiger partial charge in [0, 0.05) is 28.8 Å². The molecule has 1 atom stereocenters. The predicted molar refractivity (Wildman–Crippen MR) is 202 cm³/mol. The molecule has 0 saturated heterocycles. The van der Waals surface area contributed by atoms with Gasteiger partial charge in [-0.15, -0.1) is 0 Å². The second-order valence-electron chi connectivity index (χ2n) is 12.7. The number of hydrogen-bond donors (Lipinski definition) is 1. The molecule has 0 amide bonds. The van der Waals surface area contributed by atoms with Gasteiger partial charge in [0.1, 0.15) is 0 Å². The molecule has 48 heavy (non-hydrogen) atoms. The number of nitrogens with one attached hydrogen (secondary N) is 1. The van der Waals surface area contributed by atoms with Crippen molar-refractivity contribution in [3.05, 3.63) is 215 Å². The van der Waals surface area contributed by atoms with Crippen LogP contribution in [0.15, 0.2) is 182 Å². The Hall–Kier alpha value is -5.86. The molecule has 8 rings (SSSR count). The van der Waals surface area contributed by atoms with Gasteiger partial charge in [-0.2, -0.15) is 0 Å². The molecule has 0 aromatic heterocycles. The summed E-state index contributed by atoms with van der Waals surface area (Å²) < 4.78 is 0. The maximum Gasteiger partial charge on any atom is 0.0714 e. The predicted octanol–water partition coefficient (Wildman–Crippen LogP) is 12.0. The molecule has 2 nitrogen and oxygen atoms in total. The molecular formula is C46H38N2. The minimum absolute atomic E-state index is 0.168. The average Bonchev–Trinajstić information content (AvgIpc) is 3.44. The second-order valence-corrected chi connectivity index (χ2v) is 12.7. The first kappa shape index (κ1) is 29.5. The fourth-order valence-corrected chi connectivity index (χ4v) is 7.56. The van der Waals surface area contributed by atoms with Crippen LogP contribution >= 0.6 is 0 Å². The minimum atomic E-state index is -0.451. The van der Waals surface area contributed by atoms with Gasteiger partial charge in [0.25, 0.3) is 0 Å². The molecule has 7 aromatic carbocycles. The van der Waals surface area contributed by atoms with Crippen LogP contribution in [-0.2, 0) is 5.41 Å². The maximum atomic E-state index is 3.70. The number of benzene rings is 7. The largest absolute Gasteiger partial charge is 0.378 e. The molecule has 2 heteroatoms. The first-order valence-electron chi connectivity index (χ1n) is 16.8. The Morgan fingerprint density at radius 3 is 1.67 bits per heavy atom. The van der Waals surface area contributed by atoms with Crippen molar-refractivity contribution in [3.8, 4) is 11.1 Å². The van der Waals surface area contributed by atoms with E-state index in [9.17, 15) is 0 Å². The molecule has 0 saturated carbocycles. The topological polar surface area (TPSA) is 15.3 Å². The summed E-state index contributed by atoms with van der Waals surface area (Å²) >= 11 is 0. The number of fused-ring (bicyclic) bond motifs is 3. The molecule has 0 aliphatic heterocycles. The Balaban J connectivity index is 1.28. The van der Waals surface area contributed by atoms with Crippen LogP contribution in [0.25, 0.3) is 11.1 Å². The number of nitrogens with zero attached hydrogens (tertiary/aromatic N) is 1. The summed E-state index contributed by atoms with van der Waals surface area (Å²) in [5.41, 5.74) is 14.3. The first-order valence-corrected chi connectivity index (χ1v) is 16.8. The van der Waals surface area contributed by atoms with E-state index in [2.05, 4.69) is 206 Å². The van der Waals surface area contributed by atoms with Crippen LogP contribution in [0.4, 0.5) is 22.7 Å². The molecule has 1 aliphatic carbocycles. The Kier molecular flexibility index (Phi) is 7.62. The van der Waals surface area contributed by atoms with E-state index in [1.54, 1.807) is 0 Å². The number of aryl methyl sites for hydroxylation is 1. The molecule has 1 N–H and O–H groups in total. The van der Waals surface area contributed by atoms with Gasteiger partial charge in [0.05, 0.1) is 5.41 Å². The Labute approximate surface area is 284 Å². The van der Waals surface area contributed by atoms with E-state index in [1.165, 1.54) is 50.2 Å². The van der Waals surface area contributed by atoms with Crippen molar-refractivity contribution in [2.45, 2.75) is 25.3 Å². The summed E-state index contributed by atoms with van der Waals surface area (Å²) in [6.07, 6.45) is 0. The summed E-state index contributed by atoms with van der Waals surface area (Å²) in [5.74, 6) is 0. The molecule has 0 bridgehead atoms. The van der Waals surface area contributed by atoms with Gasteiger partial charge in [-0.25, -0.2) is 0 Å². The highest BCUT2D eigenvalue weighted by molar-refractivity contribution is 5.89. The van der Waals surface area contributed by atoms with Crippen LogP contribution in [0.1, 0.15) is 46.3 Å². The summed E-state index contributed by atoms with van der Waals surface area (Å²) in [4.78, 5) is 2.38. The normalized spacial score (nSPS) is 13.3. The molecule has 0 heterocycles. The molecule has 0 radical (unpaired) electrons. The molecule has 0 fully saturated rings. The quantitative estimate of drug-likeness (QED) is 0.182. The van der Waals surface area contributed by atoms with Gasteiger partial charge in [-0.1, -0.05) is 140 Å². The van der Waals surface area contributed by atoms with Crippen LogP contribution in [0.2, 0.25) is 0 Å². The molecule has 1 unspecified atom stereocenters. The van der Waals surface area contributed by atoms with E-state index in [0.717, 1.165) is 17.1 Å². The lowest BCUT2D eigenvalue weighted by molar-refractivity contribution is 0.768. The molecule has 1 aliphatic rings. The van der Waals surface area contributed by atoms with Crippen LogP contribution in [0.3, 0.4) is 0 Å². The standard InChI is InChI=1S/C46H38N2/c1-33-16-12-15-25-45(33)47-34(2)35-26-28-39(29-27-35)48(38-21-10-5-11-22-38)40-30-31-42-41-23-13-14-24-43(41)46(44(42)32-40,36-17-6-3-7-18-36)37-19-8-4-9-20-37/h3-32,34,47H,1-2H3. The number of anilines is 4. The highest BCUT2D eigenvalue weighted by Gasteiger charge is 2.46. The lowest BCUT2D eigenvalue weighted by atomic mass is 9.67. The molecular weight excluding hydrogens is 581 g/mol. The Morgan fingerprint density at radius 2 is 1.00 bits per heavy atom. The van der Waals surface area contributed by atoms with E-state index in [0.29, 0.717) is 0 Å². The van der Waals surface area contributed by atoms with E-state index >= 15 is 0 Å². The third-order valence-electron chi connectivity index (χ3n) is 9.88. The van der Waals surface area contributed by atoms with Crippen molar-refractivity contribution >= 4 is 22.7 Å². The monoisotopic (exact) mass is 618 g/mol. The van der Waals surface area contributed by atoms with Crippen molar-refractivity contribution < 1.29 is 0 Å². The van der Waals surface area contributed by atoms with Gasteiger partial charge < -0.3 is 10.2 Å². The van der Waals surface area contributed by atoms with E-state index in [4.69, 9.17) is 0 Å². The zero-order valence-corrected chi connectivity index (χ0v) is 27.3. The van der Waals surface area contributed by atoms with Crippen LogP contribution in [0.5, 0.6) is 0 Å². The third kappa shape index (κ3) is 4.98. The highest BCUT2D eigenvalue weighted by atomic mass is 15.1. The van der Waals surface area contributed by atoms with Gasteiger partial charge >= 0.3 is 0 Å². The highest BCUT2D eigenvalue weighted by Crippen LogP contribution is 2.57. The van der Waals surface area contributed by atoms with Gasteiger partial charge in [-0.3, -0.25) is 0 Å². The lowest BCUT2D eigenvalue weighted by Crippen LogP contribution is -2.28. The Morgan fingerprint density at radius 1 is 0.479 bits per heavy atom. The fraction of sp³-hybridized carbons (Fsp3) is 0.0870. The summed E-state index contributed by atoms with van der Waals surface area (Å²) in [6, 6.07) is 66.3. The average molecular weight is 619 g/mol. The SMILES string of the molecule is Cc1ccccc1NC(C)c1ccc(N(c2ccccc2)c2ccc3c(c2)C(c2ccccc2)(c2ccccc2)c2ccccc2-3)cc1. The van der Waals surface area contributed by atoms with E-state index < -0.39 is 5.41 Å². The van der Waals surface area contributed by atoms with Crippen LogP contribution < -0.4 is 10.2 Å². The van der Waals surface area contributed by atoms with Crippen molar-refractivity contribution in [3.63, 3.8) is 0 Å². The van der Waals surface area contributed by atoms with Crippen molar-refractivity contribution in [1.29, 1.82) is 0 Å². The van der Waals surface area contributed by atoms with Gasteiger partial charge in [0.15, 0.2) is 0 Å². The second kappa shape index (κ2) is 12.4. The zero-order valence-electron chi connectivity index (χ0n) is 27.3. The van der Waals surface area contributed by atoms with E-state index in [-0.39, 0.29) is 6.04 Å². The first-order chi connectivity index (χ1) is 23.6. The molecule has 0 spiro atoms. The zero-order chi connectivity index (χ0) is 32.5. The Bertz CT molecular complexity index is 2130. The van der Waals surface area contributed by atoms with Crippen molar-refractivity contribution in [2.24, 2.45) is 0 Å². The summed E-state index contributed by atoms with van der Waals surface area (Å²) in [7, 11) is 0. The maximum absolute atomic E-state index is 3.70. The lowest BCUT2D eigenvalue weighted by Gasteiger charge is -2.35. The smallest absolute Gasteiger partial charge is 0.0714 e. The fourth-order valence-electron chi connectivity index (χ4n) is 7.56. The third-order valence-corrected chi connectivity index (χ3v) is 9.88. The van der Waals surface area contributed by atoms with Crippen LogP contribution in [-0.4, -0.2) is 0 Å².